The van der Waals surface area contributed by atoms with Gasteiger partial charge in [-0.3, -0.25) is 0 Å². The van der Waals surface area contributed by atoms with Crippen LogP contribution in [0.4, 0.5) is 11.4 Å². The highest BCUT2D eigenvalue weighted by atomic mass is 35.5. The average Bonchev–Trinajstić information content (AvgIpc) is 2.50. The second-order valence-electron chi connectivity index (χ2n) is 4.28. The van der Waals surface area contributed by atoms with Gasteiger partial charge in [-0.05, 0) is 23.8 Å². The van der Waals surface area contributed by atoms with Crippen molar-refractivity contribution < 1.29 is 0 Å². The summed E-state index contributed by atoms with van der Waals surface area (Å²) in [5.41, 5.74) is 2.84. The number of nitrogens with zero attached hydrogens (tertiary/aromatic N) is 2. The van der Waals surface area contributed by atoms with E-state index < -0.39 is 0 Å². The maximum absolute atomic E-state index is 8.87. The summed E-state index contributed by atoms with van der Waals surface area (Å²) in [6.07, 6.45) is 0.418. The molecule has 2 nitrogen and oxygen atoms in total. The van der Waals surface area contributed by atoms with Crippen LogP contribution in [0, 0.1) is 11.3 Å². The molecule has 0 fully saturated rings. The van der Waals surface area contributed by atoms with Crippen LogP contribution in [0.3, 0.4) is 0 Å². The molecule has 102 valence electrons. The summed E-state index contributed by atoms with van der Waals surface area (Å²) < 4.78 is 0. The van der Waals surface area contributed by atoms with Crippen molar-refractivity contribution in [2.75, 3.05) is 11.4 Å². The Balaban J connectivity index is 2.50. The van der Waals surface area contributed by atoms with Crippen molar-refractivity contribution in [1.82, 2.24) is 0 Å². The maximum atomic E-state index is 8.87. The molecule has 0 bridgehead atoms. The van der Waals surface area contributed by atoms with Gasteiger partial charge >= 0.3 is 0 Å². The molecule has 2 aromatic carbocycles. The summed E-state index contributed by atoms with van der Waals surface area (Å²) in [6, 6.07) is 17.7. The molecule has 0 N–H and O–H groups in total. The van der Waals surface area contributed by atoms with E-state index in [1.807, 2.05) is 53.4 Å². The third kappa shape index (κ3) is 3.25. The molecule has 0 aliphatic carbocycles. The molecule has 20 heavy (non-hydrogen) atoms. The van der Waals surface area contributed by atoms with Gasteiger partial charge in [-0.25, -0.2) is 0 Å². The Morgan fingerprint density at radius 3 is 2.45 bits per heavy atom. The lowest BCUT2D eigenvalue weighted by molar-refractivity contribution is 0.942. The van der Waals surface area contributed by atoms with Gasteiger partial charge in [-0.1, -0.05) is 41.9 Å². The van der Waals surface area contributed by atoms with Gasteiger partial charge in [0.25, 0.3) is 0 Å². The summed E-state index contributed by atoms with van der Waals surface area (Å²) >= 11 is 12.4. The van der Waals surface area contributed by atoms with Crippen LogP contribution in [-0.4, -0.2) is 6.54 Å². The van der Waals surface area contributed by atoms with E-state index in [0.717, 1.165) is 16.9 Å². The lowest BCUT2D eigenvalue weighted by atomic mass is 10.1. The van der Waals surface area contributed by atoms with Gasteiger partial charge in [-0.2, -0.15) is 5.26 Å². The third-order valence-electron chi connectivity index (χ3n) is 3.00. The number of rotatable bonds is 5. The molecule has 0 atom stereocenters. The fourth-order valence-electron chi connectivity index (χ4n) is 2.11. The van der Waals surface area contributed by atoms with Gasteiger partial charge in [0, 0.05) is 18.1 Å². The van der Waals surface area contributed by atoms with Crippen LogP contribution in [0.2, 0.25) is 5.02 Å². The Hall–Kier alpha value is -1.69. The van der Waals surface area contributed by atoms with Crippen LogP contribution >= 0.6 is 23.2 Å². The molecule has 4 heteroatoms. The molecular formula is C16H14Cl2N2. The minimum atomic E-state index is 0.381. The molecule has 2 aromatic rings. The first kappa shape index (κ1) is 14.7. The zero-order valence-electron chi connectivity index (χ0n) is 10.9. The molecule has 0 unspecified atom stereocenters. The zero-order valence-corrected chi connectivity index (χ0v) is 12.4. The summed E-state index contributed by atoms with van der Waals surface area (Å²) in [5.74, 6) is 0.381. The Morgan fingerprint density at radius 1 is 1.05 bits per heavy atom. The first-order valence-electron chi connectivity index (χ1n) is 6.31. The van der Waals surface area contributed by atoms with E-state index in [9.17, 15) is 0 Å². The SMILES string of the molecule is N#CCCN(c1ccccc1)c1c(Cl)cccc1CCl. The van der Waals surface area contributed by atoms with Crippen LogP contribution < -0.4 is 4.90 Å². The van der Waals surface area contributed by atoms with E-state index >= 15 is 0 Å². The van der Waals surface area contributed by atoms with Crippen LogP contribution in [0.25, 0.3) is 0 Å². The maximum Gasteiger partial charge on any atom is 0.0646 e. The largest absolute Gasteiger partial charge is 0.339 e. The Bertz CT molecular complexity index is 606. The topological polar surface area (TPSA) is 27.0 Å². The van der Waals surface area contributed by atoms with Crippen LogP contribution in [0.5, 0.6) is 0 Å². The first-order valence-corrected chi connectivity index (χ1v) is 7.22. The zero-order chi connectivity index (χ0) is 14.4. The van der Waals surface area contributed by atoms with Crippen molar-refractivity contribution in [3.63, 3.8) is 0 Å². The van der Waals surface area contributed by atoms with Crippen molar-refractivity contribution in [3.05, 3.63) is 59.1 Å². The van der Waals surface area contributed by atoms with Gasteiger partial charge in [-0.15, -0.1) is 11.6 Å². The van der Waals surface area contributed by atoms with Gasteiger partial charge in [0.1, 0.15) is 0 Å². The Labute approximate surface area is 129 Å². The molecular weight excluding hydrogens is 291 g/mol. The van der Waals surface area contributed by atoms with E-state index in [1.165, 1.54) is 0 Å². The number of benzene rings is 2. The number of alkyl halides is 1. The van der Waals surface area contributed by atoms with Crippen molar-refractivity contribution in [2.24, 2.45) is 0 Å². The summed E-state index contributed by atoms with van der Waals surface area (Å²) in [4.78, 5) is 2.04. The lowest BCUT2D eigenvalue weighted by Crippen LogP contribution is -2.19. The molecule has 0 saturated heterocycles. The summed E-state index contributed by atoms with van der Waals surface area (Å²) in [6.45, 7) is 0.578. The molecule has 0 aliphatic rings. The number of halogens is 2. The normalized spacial score (nSPS) is 10.1. The standard InChI is InChI=1S/C16H14Cl2N2/c17-12-13-6-4-9-15(18)16(13)20(11-5-10-19)14-7-2-1-3-8-14/h1-4,6-9H,5,11-12H2. The summed E-state index contributed by atoms with van der Waals surface area (Å²) in [5, 5.41) is 9.51. The van der Waals surface area contributed by atoms with Crippen molar-refractivity contribution >= 4 is 34.6 Å². The van der Waals surface area contributed by atoms with Crippen molar-refractivity contribution in [1.29, 1.82) is 5.26 Å². The fraction of sp³-hybridized carbons (Fsp3) is 0.188. The lowest BCUT2D eigenvalue weighted by Gasteiger charge is -2.27. The predicted octanol–water partition coefficient (Wildman–Crippen LogP) is 5.13. The Kier molecular flexibility index (Phi) is 5.29. The highest BCUT2D eigenvalue weighted by molar-refractivity contribution is 6.33. The molecule has 0 radical (unpaired) electrons. The number of anilines is 2. The fourth-order valence-corrected chi connectivity index (χ4v) is 2.62. The molecule has 0 aromatic heterocycles. The van der Waals surface area contributed by atoms with Crippen LogP contribution in [0.1, 0.15) is 12.0 Å². The van der Waals surface area contributed by atoms with Gasteiger partial charge < -0.3 is 4.90 Å². The van der Waals surface area contributed by atoms with Gasteiger partial charge in [0.2, 0.25) is 0 Å². The molecule has 0 heterocycles. The van der Waals surface area contributed by atoms with E-state index in [4.69, 9.17) is 28.5 Å². The van der Waals surface area contributed by atoms with E-state index in [-0.39, 0.29) is 0 Å². The molecule has 0 saturated carbocycles. The molecule has 0 amide bonds. The minimum Gasteiger partial charge on any atom is -0.339 e. The van der Waals surface area contributed by atoms with Gasteiger partial charge in [0.05, 0.1) is 23.2 Å². The second kappa shape index (κ2) is 7.19. The minimum absolute atomic E-state index is 0.381. The first-order chi connectivity index (χ1) is 9.77. The number of para-hydroxylation sites is 2. The quantitative estimate of drug-likeness (QED) is 0.716. The molecule has 0 spiro atoms. The number of hydrogen-bond acceptors (Lipinski definition) is 2. The average molecular weight is 305 g/mol. The van der Waals surface area contributed by atoms with E-state index in [1.54, 1.807) is 0 Å². The smallest absolute Gasteiger partial charge is 0.0646 e. The third-order valence-corrected chi connectivity index (χ3v) is 3.59. The monoisotopic (exact) mass is 304 g/mol. The number of hydrogen-bond donors (Lipinski definition) is 0. The second-order valence-corrected chi connectivity index (χ2v) is 4.95. The number of nitriles is 1. The molecule has 0 aliphatic heterocycles. The summed E-state index contributed by atoms with van der Waals surface area (Å²) in [7, 11) is 0. The predicted molar refractivity (Wildman–Crippen MR) is 84.7 cm³/mol. The van der Waals surface area contributed by atoms with E-state index in [2.05, 4.69) is 6.07 Å². The highest BCUT2D eigenvalue weighted by Gasteiger charge is 2.16. The van der Waals surface area contributed by atoms with Crippen molar-refractivity contribution in [3.8, 4) is 6.07 Å². The van der Waals surface area contributed by atoms with Crippen LogP contribution in [-0.2, 0) is 5.88 Å². The van der Waals surface area contributed by atoms with Gasteiger partial charge in [0.15, 0.2) is 0 Å². The van der Waals surface area contributed by atoms with Crippen LogP contribution in [0.15, 0.2) is 48.5 Å². The Morgan fingerprint density at radius 2 is 1.80 bits per heavy atom. The molecule has 2 rings (SSSR count). The van der Waals surface area contributed by atoms with E-state index in [0.29, 0.717) is 23.9 Å². The highest BCUT2D eigenvalue weighted by Crippen LogP contribution is 2.35. The van der Waals surface area contributed by atoms with Crippen molar-refractivity contribution in [2.45, 2.75) is 12.3 Å².